The fraction of sp³-hybridized carbons (Fsp3) is 0.273. The van der Waals surface area contributed by atoms with Crippen LogP contribution in [0.1, 0.15) is 25.3 Å². The quantitative estimate of drug-likeness (QED) is 0.680. The van der Waals surface area contributed by atoms with Gasteiger partial charge in [0.15, 0.2) is 5.17 Å². The molecule has 2 fully saturated rings. The van der Waals surface area contributed by atoms with E-state index in [0.717, 1.165) is 18.7 Å². The van der Waals surface area contributed by atoms with Gasteiger partial charge in [0, 0.05) is 25.3 Å². The molecule has 4 rings (SSSR count). The molecule has 2 aromatic carbocycles. The first-order chi connectivity index (χ1) is 13.6. The number of hydrogen-bond donors (Lipinski definition) is 0. The SMILES string of the molecule is CCN1C(=O)/C(=C/c2ccc(N3CCCC3)cc2)SC1=Nc1ccc(F)cc1. The molecule has 0 bridgehead atoms. The van der Waals surface area contributed by atoms with Crippen molar-refractivity contribution in [3.63, 3.8) is 0 Å². The third kappa shape index (κ3) is 3.97. The van der Waals surface area contributed by atoms with Crippen molar-refractivity contribution in [2.24, 2.45) is 4.99 Å². The van der Waals surface area contributed by atoms with Crippen LogP contribution in [0.2, 0.25) is 0 Å². The molecule has 6 heteroatoms. The maximum atomic E-state index is 13.1. The summed E-state index contributed by atoms with van der Waals surface area (Å²) in [5, 5.41) is 0.624. The molecule has 0 atom stereocenters. The molecule has 2 aromatic rings. The zero-order valence-corrected chi connectivity index (χ0v) is 16.6. The number of amides is 1. The molecule has 2 aliphatic heterocycles. The molecular formula is C22H22FN3OS. The number of anilines is 1. The largest absolute Gasteiger partial charge is 0.372 e. The summed E-state index contributed by atoms with van der Waals surface area (Å²) in [4.78, 5) is 22.0. The standard InChI is InChI=1S/C22H22FN3OS/c1-2-26-21(27)20(28-22(26)24-18-9-7-17(23)8-10-18)15-16-5-11-19(12-6-16)25-13-3-4-14-25/h5-12,15H,2-4,13-14H2,1H3/b20-15-,24-22?. The zero-order valence-electron chi connectivity index (χ0n) is 15.8. The summed E-state index contributed by atoms with van der Waals surface area (Å²) in [5.41, 5.74) is 2.86. The number of benzene rings is 2. The molecule has 0 aromatic heterocycles. The molecule has 0 N–H and O–H groups in total. The summed E-state index contributed by atoms with van der Waals surface area (Å²) in [6.07, 6.45) is 4.41. The normalized spacial score (nSPS) is 20.0. The van der Waals surface area contributed by atoms with Crippen molar-refractivity contribution in [1.29, 1.82) is 0 Å². The van der Waals surface area contributed by atoms with Crippen molar-refractivity contribution >= 4 is 40.3 Å². The minimum absolute atomic E-state index is 0.0445. The Bertz CT molecular complexity index is 916. The van der Waals surface area contributed by atoms with E-state index in [2.05, 4.69) is 34.2 Å². The van der Waals surface area contributed by atoms with Gasteiger partial charge in [-0.25, -0.2) is 9.38 Å². The lowest BCUT2D eigenvalue weighted by Crippen LogP contribution is -2.28. The van der Waals surface area contributed by atoms with E-state index in [9.17, 15) is 9.18 Å². The van der Waals surface area contributed by atoms with Crippen LogP contribution in [0.15, 0.2) is 58.4 Å². The highest BCUT2D eigenvalue weighted by Gasteiger charge is 2.32. The van der Waals surface area contributed by atoms with Gasteiger partial charge in [-0.3, -0.25) is 9.69 Å². The number of nitrogens with zero attached hydrogens (tertiary/aromatic N) is 3. The van der Waals surface area contributed by atoms with Crippen LogP contribution in [-0.2, 0) is 4.79 Å². The zero-order chi connectivity index (χ0) is 19.5. The third-order valence-corrected chi connectivity index (χ3v) is 5.92. The number of thioether (sulfide) groups is 1. The number of hydrogen-bond acceptors (Lipinski definition) is 4. The second kappa shape index (κ2) is 8.19. The van der Waals surface area contributed by atoms with Crippen LogP contribution >= 0.6 is 11.8 Å². The molecular weight excluding hydrogens is 373 g/mol. The molecule has 28 heavy (non-hydrogen) atoms. The van der Waals surface area contributed by atoms with Crippen LogP contribution in [0.5, 0.6) is 0 Å². The minimum Gasteiger partial charge on any atom is -0.372 e. The van der Waals surface area contributed by atoms with E-state index >= 15 is 0 Å². The van der Waals surface area contributed by atoms with Gasteiger partial charge in [0.05, 0.1) is 10.6 Å². The van der Waals surface area contributed by atoms with Gasteiger partial charge in [0.2, 0.25) is 0 Å². The monoisotopic (exact) mass is 395 g/mol. The Kier molecular flexibility index (Phi) is 5.48. The van der Waals surface area contributed by atoms with Crippen molar-refractivity contribution in [3.05, 3.63) is 64.8 Å². The molecule has 4 nitrogen and oxygen atoms in total. The number of likely N-dealkylation sites (N-methyl/N-ethyl adjacent to an activating group) is 1. The number of rotatable bonds is 4. The predicted octanol–water partition coefficient (Wildman–Crippen LogP) is 5.05. The fourth-order valence-electron chi connectivity index (χ4n) is 3.40. The van der Waals surface area contributed by atoms with Gasteiger partial charge in [-0.1, -0.05) is 12.1 Å². The Morgan fingerprint density at radius 2 is 1.75 bits per heavy atom. The topological polar surface area (TPSA) is 35.9 Å². The summed E-state index contributed by atoms with van der Waals surface area (Å²) < 4.78 is 13.1. The lowest BCUT2D eigenvalue weighted by atomic mass is 10.2. The summed E-state index contributed by atoms with van der Waals surface area (Å²) in [5.74, 6) is -0.346. The summed E-state index contributed by atoms with van der Waals surface area (Å²) in [6, 6.07) is 14.3. The van der Waals surface area contributed by atoms with Crippen LogP contribution in [0.3, 0.4) is 0 Å². The number of halogens is 1. The first-order valence-corrected chi connectivity index (χ1v) is 10.4. The van der Waals surface area contributed by atoms with Crippen LogP contribution in [-0.4, -0.2) is 35.6 Å². The Morgan fingerprint density at radius 3 is 2.39 bits per heavy atom. The number of aliphatic imine (C=N–C) groups is 1. The molecule has 144 valence electrons. The molecule has 0 saturated carbocycles. The minimum atomic E-state index is -0.301. The van der Waals surface area contributed by atoms with Crippen molar-refractivity contribution in [1.82, 2.24) is 4.90 Å². The molecule has 2 aliphatic rings. The van der Waals surface area contributed by atoms with Crippen LogP contribution in [0.4, 0.5) is 15.8 Å². The summed E-state index contributed by atoms with van der Waals surface area (Å²) in [6.45, 7) is 4.69. The van der Waals surface area contributed by atoms with E-state index < -0.39 is 0 Å². The van der Waals surface area contributed by atoms with Crippen LogP contribution in [0, 0.1) is 5.82 Å². The molecule has 0 aliphatic carbocycles. The van der Waals surface area contributed by atoms with Gasteiger partial charge in [0.25, 0.3) is 5.91 Å². The van der Waals surface area contributed by atoms with Crippen LogP contribution < -0.4 is 4.90 Å². The van der Waals surface area contributed by atoms with Gasteiger partial charge in [-0.15, -0.1) is 0 Å². The lowest BCUT2D eigenvalue weighted by Gasteiger charge is -2.17. The second-order valence-electron chi connectivity index (χ2n) is 6.82. The fourth-order valence-corrected chi connectivity index (χ4v) is 4.47. The number of carbonyl (C=O) groups excluding carboxylic acids is 1. The summed E-state index contributed by atoms with van der Waals surface area (Å²) >= 11 is 1.36. The Balaban J connectivity index is 1.55. The van der Waals surface area contributed by atoms with E-state index in [1.54, 1.807) is 17.0 Å². The molecule has 0 spiro atoms. The van der Waals surface area contributed by atoms with Crippen molar-refractivity contribution < 1.29 is 9.18 Å². The maximum Gasteiger partial charge on any atom is 0.266 e. The predicted molar refractivity (Wildman–Crippen MR) is 114 cm³/mol. The summed E-state index contributed by atoms with van der Waals surface area (Å²) in [7, 11) is 0. The first kappa shape index (κ1) is 18.7. The smallest absolute Gasteiger partial charge is 0.266 e. The van der Waals surface area contributed by atoms with E-state index in [-0.39, 0.29) is 11.7 Å². The molecule has 2 heterocycles. The first-order valence-electron chi connectivity index (χ1n) is 9.55. The van der Waals surface area contributed by atoms with Crippen molar-refractivity contribution in [2.45, 2.75) is 19.8 Å². The van der Waals surface area contributed by atoms with Gasteiger partial charge in [0.1, 0.15) is 5.82 Å². The second-order valence-corrected chi connectivity index (χ2v) is 7.83. The third-order valence-electron chi connectivity index (χ3n) is 4.92. The van der Waals surface area contributed by atoms with Gasteiger partial charge >= 0.3 is 0 Å². The van der Waals surface area contributed by atoms with E-state index in [0.29, 0.717) is 22.3 Å². The Labute approximate surface area is 168 Å². The average Bonchev–Trinajstić information content (AvgIpc) is 3.33. The Hall–Kier alpha value is -2.60. The highest BCUT2D eigenvalue weighted by molar-refractivity contribution is 8.18. The Morgan fingerprint density at radius 1 is 1.07 bits per heavy atom. The number of carbonyl (C=O) groups is 1. The highest BCUT2D eigenvalue weighted by Crippen LogP contribution is 2.34. The molecule has 2 saturated heterocycles. The maximum absolute atomic E-state index is 13.1. The van der Waals surface area contributed by atoms with Crippen molar-refractivity contribution in [3.8, 4) is 0 Å². The van der Waals surface area contributed by atoms with Gasteiger partial charge < -0.3 is 4.90 Å². The van der Waals surface area contributed by atoms with Gasteiger partial charge in [-0.2, -0.15) is 0 Å². The highest BCUT2D eigenvalue weighted by atomic mass is 32.2. The lowest BCUT2D eigenvalue weighted by molar-refractivity contribution is -0.122. The van der Waals surface area contributed by atoms with Gasteiger partial charge in [-0.05, 0) is 79.6 Å². The average molecular weight is 396 g/mol. The number of amidine groups is 1. The van der Waals surface area contributed by atoms with E-state index in [1.165, 1.54) is 42.4 Å². The van der Waals surface area contributed by atoms with E-state index in [4.69, 9.17) is 0 Å². The van der Waals surface area contributed by atoms with Crippen molar-refractivity contribution in [2.75, 3.05) is 24.5 Å². The molecule has 1 amide bonds. The van der Waals surface area contributed by atoms with E-state index in [1.807, 2.05) is 13.0 Å². The van der Waals surface area contributed by atoms with Crippen LogP contribution in [0.25, 0.3) is 6.08 Å². The molecule has 0 radical (unpaired) electrons. The molecule has 0 unspecified atom stereocenters.